The van der Waals surface area contributed by atoms with Gasteiger partial charge in [0.05, 0.1) is 11.7 Å². The standard InChI is InChI=1S/C21H28FN3O4/c22-15-1-2-18-16(11-15)17(12-23-18)14-3-7-24(8-4-14)13-19(26)21(29)5-9-25(10-6-21)20(27)28/h1-2,11-12,14,19,23,26,29H,3-10,13H2,(H,27,28). The lowest BCUT2D eigenvalue weighted by Gasteiger charge is -2.42. The van der Waals surface area contributed by atoms with Gasteiger partial charge in [-0.15, -0.1) is 0 Å². The van der Waals surface area contributed by atoms with Gasteiger partial charge in [0.1, 0.15) is 5.82 Å². The summed E-state index contributed by atoms with van der Waals surface area (Å²) in [5.41, 5.74) is 0.838. The number of benzene rings is 1. The number of aromatic nitrogens is 1. The Bertz CT molecular complexity index is 870. The first-order chi connectivity index (χ1) is 13.9. The number of piperidine rings is 2. The van der Waals surface area contributed by atoms with Crippen molar-refractivity contribution in [2.45, 2.75) is 43.3 Å². The van der Waals surface area contributed by atoms with E-state index >= 15 is 0 Å². The van der Waals surface area contributed by atoms with E-state index < -0.39 is 17.8 Å². The number of aromatic amines is 1. The third-order valence-corrected chi connectivity index (χ3v) is 6.65. The summed E-state index contributed by atoms with van der Waals surface area (Å²) in [7, 11) is 0. The van der Waals surface area contributed by atoms with Gasteiger partial charge in [0, 0.05) is 36.7 Å². The topological polar surface area (TPSA) is 100 Å². The summed E-state index contributed by atoms with van der Waals surface area (Å²) >= 11 is 0. The molecule has 8 heteroatoms. The van der Waals surface area contributed by atoms with Gasteiger partial charge >= 0.3 is 6.09 Å². The van der Waals surface area contributed by atoms with Crippen LogP contribution in [0.25, 0.3) is 10.9 Å². The molecule has 0 radical (unpaired) electrons. The van der Waals surface area contributed by atoms with Crippen molar-refractivity contribution in [1.29, 1.82) is 0 Å². The van der Waals surface area contributed by atoms with Crippen molar-refractivity contribution in [3.8, 4) is 0 Å². The molecule has 4 rings (SSSR count). The van der Waals surface area contributed by atoms with E-state index in [0.29, 0.717) is 12.5 Å². The molecule has 1 aromatic heterocycles. The molecule has 4 N–H and O–H groups in total. The van der Waals surface area contributed by atoms with Gasteiger partial charge < -0.3 is 30.1 Å². The van der Waals surface area contributed by atoms with Crippen LogP contribution in [0.15, 0.2) is 24.4 Å². The number of β-amino-alcohol motifs (C(OH)–C–C–N with tert-alkyl or cyclic N) is 1. The first kappa shape index (κ1) is 20.1. The minimum Gasteiger partial charge on any atom is -0.465 e. The second kappa shape index (κ2) is 7.93. The van der Waals surface area contributed by atoms with Crippen LogP contribution in [0.2, 0.25) is 0 Å². The predicted molar refractivity (Wildman–Crippen MR) is 106 cm³/mol. The fraction of sp³-hybridized carbons (Fsp3) is 0.571. The summed E-state index contributed by atoms with van der Waals surface area (Å²) in [6.45, 7) is 2.44. The van der Waals surface area contributed by atoms with Gasteiger partial charge in [-0.25, -0.2) is 9.18 Å². The molecule has 158 valence electrons. The number of aliphatic hydroxyl groups excluding tert-OH is 1. The molecule has 1 unspecified atom stereocenters. The quantitative estimate of drug-likeness (QED) is 0.626. The second-order valence-electron chi connectivity index (χ2n) is 8.40. The smallest absolute Gasteiger partial charge is 0.407 e. The highest BCUT2D eigenvalue weighted by atomic mass is 19.1. The number of nitrogens with zero attached hydrogens (tertiary/aromatic N) is 2. The highest BCUT2D eigenvalue weighted by molar-refractivity contribution is 5.83. The van der Waals surface area contributed by atoms with Gasteiger partial charge in [-0.3, -0.25) is 0 Å². The molecule has 0 bridgehead atoms. The SMILES string of the molecule is O=C(O)N1CCC(O)(C(O)CN2CCC(c3c[nH]c4ccc(F)cc34)CC2)CC1. The molecule has 1 atom stereocenters. The number of hydrogen-bond acceptors (Lipinski definition) is 4. The lowest BCUT2D eigenvalue weighted by molar-refractivity contribution is -0.115. The largest absolute Gasteiger partial charge is 0.465 e. The van der Waals surface area contributed by atoms with Crippen molar-refractivity contribution in [3.05, 3.63) is 35.8 Å². The Morgan fingerprint density at radius 2 is 1.93 bits per heavy atom. The van der Waals surface area contributed by atoms with Crippen LogP contribution in [0.1, 0.15) is 37.2 Å². The molecule has 2 fully saturated rings. The van der Waals surface area contributed by atoms with Crippen molar-refractivity contribution in [1.82, 2.24) is 14.8 Å². The van der Waals surface area contributed by atoms with Crippen molar-refractivity contribution in [2.24, 2.45) is 0 Å². The molecule has 2 aromatic rings. The van der Waals surface area contributed by atoms with Gasteiger partial charge in [0.15, 0.2) is 0 Å². The summed E-state index contributed by atoms with van der Waals surface area (Å²) < 4.78 is 13.6. The number of H-pyrrole nitrogens is 1. The van der Waals surface area contributed by atoms with Gasteiger partial charge in [-0.1, -0.05) is 0 Å². The van der Waals surface area contributed by atoms with Crippen LogP contribution in [0, 0.1) is 5.82 Å². The number of hydrogen-bond donors (Lipinski definition) is 4. The number of fused-ring (bicyclic) bond motifs is 1. The maximum atomic E-state index is 13.6. The monoisotopic (exact) mass is 405 g/mol. The van der Waals surface area contributed by atoms with Crippen LogP contribution in [0.4, 0.5) is 9.18 Å². The summed E-state index contributed by atoms with van der Waals surface area (Å²) in [5, 5.41) is 31.4. The maximum absolute atomic E-state index is 13.6. The predicted octanol–water partition coefficient (Wildman–Crippen LogP) is 2.35. The van der Waals surface area contributed by atoms with Crippen molar-refractivity contribution in [2.75, 3.05) is 32.7 Å². The first-order valence-corrected chi connectivity index (χ1v) is 10.2. The van der Waals surface area contributed by atoms with E-state index in [1.165, 1.54) is 11.0 Å². The normalized spacial score (nSPS) is 22.1. The lowest BCUT2D eigenvalue weighted by Crippen LogP contribution is -2.56. The molecule has 1 aromatic carbocycles. The summed E-state index contributed by atoms with van der Waals surface area (Å²) in [6.07, 6.45) is 2.38. The highest BCUT2D eigenvalue weighted by Gasteiger charge is 2.41. The van der Waals surface area contributed by atoms with Crippen LogP contribution in [-0.2, 0) is 0 Å². The van der Waals surface area contributed by atoms with Crippen LogP contribution < -0.4 is 0 Å². The Hall–Kier alpha value is -2.16. The number of amides is 1. The second-order valence-corrected chi connectivity index (χ2v) is 8.40. The van der Waals surface area contributed by atoms with Crippen molar-refractivity contribution in [3.63, 3.8) is 0 Å². The first-order valence-electron chi connectivity index (χ1n) is 10.2. The van der Waals surface area contributed by atoms with Crippen molar-refractivity contribution >= 4 is 17.0 Å². The molecule has 0 saturated carbocycles. The van der Waals surface area contributed by atoms with E-state index in [2.05, 4.69) is 9.88 Å². The minimum atomic E-state index is -1.24. The van der Waals surface area contributed by atoms with Gasteiger partial charge in [0.25, 0.3) is 0 Å². The molecular formula is C21H28FN3O4. The third-order valence-electron chi connectivity index (χ3n) is 6.65. The fourth-order valence-electron chi connectivity index (χ4n) is 4.71. The number of likely N-dealkylation sites (tertiary alicyclic amines) is 2. The number of carboxylic acid groups (broad SMARTS) is 1. The van der Waals surface area contributed by atoms with Crippen LogP contribution >= 0.6 is 0 Å². The molecule has 2 saturated heterocycles. The van der Waals surface area contributed by atoms with Gasteiger partial charge in [0.2, 0.25) is 0 Å². The molecule has 2 aliphatic rings. The number of aliphatic hydroxyl groups is 2. The summed E-state index contributed by atoms with van der Waals surface area (Å²) in [4.78, 5) is 17.7. The van der Waals surface area contributed by atoms with E-state index in [9.17, 15) is 19.4 Å². The van der Waals surface area contributed by atoms with E-state index in [-0.39, 0.29) is 31.7 Å². The zero-order valence-corrected chi connectivity index (χ0v) is 16.4. The highest BCUT2D eigenvalue weighted by Crippen LogP contribution is 2.34. The molecule has 7 nitrogen and oxygen atoms in total. The molecule has 0 aliphatic carbocycles. The Balaban J connectivity index is 1.33. The molecule has 1 amide bonds. The molecule has 29 heavy (non-hydrogen) atoms. The maximum Gasteiger partial charge on any atom is 0.407 e. The molecule has 3 heterocycles. The van der Waals surface area contributed by atoms with Crippen LogP contribution in [0.5, 0.6) is 0 Å². The molecular weight excluding hydrogens is 377 g/mol. The Labute approximate surface area is 168 Å². The minimum absolute atomic E-state index is 0.235. The van der Waals surface area contributed by atoms with Gasteiger partial charge in [-0.2, -0.15) is 0 Å². The molecule has 0 spiro atoms. The third kappa shape index (κ3) is 4.10. The number of rotatable bonds is 4. The van der Waals surface area contributed by atoms with Crippen molar-refractivity contribution < 1.29 is 24.5 Å². The van der Waals surface area contributed by atoms with E-state index in [1.807, 2.05) is 6.20 Å². The van der Waals surface area contributed by atoms with Crippen LogP contribution in [0.3, 0.4) is 0 Å². The number of nitrogens with one attached hydrogen (secondary N) is 1. The number of halogens is 1. The Morgan fingerprint density at radius 1 is 1.24 bits per heavy atom. The number of carbonyl (C=O) groups is 1. The van der Waals surface area contributed by atoms with E-state index in [4.69, 9.17) is 5.11 Å². The average molecular weight is 405 g/mol. The van der Waals surface area contributed by atoms with Gasteiger partial charge in [-0.05, 0) is 68.5 Å². The summed E-state index contributed by atoms with van der Waals surface area (Å²) in [5.74, 6) is 0.0990. The lowest BCUT2D eigenvalue weighted by atomic mass is 9.84. The zero-order chi connectivity index (χ0) is 20.6. The molecule has 2 aliphatic heterocycles. The summed E-state index contributed by atoms with van der Waals surface area (Å²) in [6, 6.07) is 4.80. The van der Waals surface area contributed by atoms with E-state index in [1.54, 1.807) is 12.1 Å². The Morgan fingerprint density at radius 3 is 2.59 bits per heavy atom. The average Bonchev–Trinajstić information content (AvgIpc) is 3.12. The Kier molecular flexibility index (Phi) is 5.50. The van der Waals surface area contributed by atoms with Crippen LogP contribution in [-0.4, -0.2) is 80.6 Å². The van der Waals surface area contributed by atoms with E-state index in [0.717, 1.165) is 42.4 Å². The fourth-order valence-corrected chi connectivity index (χ4v) is 4.71. The zero-order valence-electron chi connectivity index (χ0n) is 16.4.